The lowest BCUT2D eigenvalue weighted by Crippen LogP contribution is -1.91. The first-order valence-electron chi connectivity index (χ1n) is 4.78. The standard InChI is InChI=1S/C13H16O/c1-9-5-6-10(2)13(12(9)4)8-7-11(3)14/h5-8H,1-4H3. The number of ketones is 1. The first-order chi connectivity index (χ1) is 6.52. The second kappa shape index (κ2) is 4.23. The molecule has 0 aliphatic rings. The van der Waals surface area contributed by atoms with Gasteiger partial charge in [-0.1, -0.05) is 18.2 Å². The lowest BCUT2D eigenvalue weighted by Gasteiger charge is -2.07. The summed E-state index contributed by atoms with van der Waals surface area (Å²) in [5.74, 6) is 0.0882. The zero-order valence-corrected chi connectivity index (χ0v) is 9.22. The molecule has 0 amide bonds. The summed E-state index contributed by atoms with van der Waals surface area (Å²) in [4.78, 5) is 10.8. The van der Waals surface area contributed by atoms with Crippen LogP contribution in [0.5, 0.6) is 0 Å². The van der Waals surface area contributed by atoms with E-state index in [1.54, 1.807) is 13.0 Å². The van der Waals surface area contributed by atoms with Crippen LogP contribution in [0.15, 0.2) is 18.2 Å². The highest BCUT2D eigenvalue weighted by atomic mass is 16.1. The summed E-state index contributed by atoms with van der Waals surface area (Å²) in [6, 6.07) is 4.19. The van der Waals surface area contributed by atoms with Crippen molar-refractivity contribution in [2.75, 3.05) is 0 Å². The minimum atomic E-state index is 0.0882. The fraction of sp³-hybridized carbons (Fsp3) is 0.308. The Labute approximate surface area is 85.5 Å². The largest absolute Gasteiger partial charge is 0.295 e. The predicted molar refractivity (Wildman–Crippen MR) is 60.4 cm³/mol. The van der Waals surface area contributed by atoms with Crippen LogP contribution in [-0.4, -0.2) is 5.78 Å². The van der Waals surface area contributed by atoms with Gasteiger partial charge in [0.15, 0.2) is 5.78 Å². The Kier molecular flexibility index (Phi) is 3.23. The SMILES string of the molecule is CC(=O)C=Cc1c(C)ccc(C)c1C. The summed E-state index contributed by atoms with van der Waals surface area (Å²) in [5, 5.41) is 0. The zero-order valence-electron chi connectivity index (χ0n) is 9.22. The van der Waals surface area contributed by atoms with Crippen molar-refractivity contribution in [2.24, 2.45) is 0 Å². The van der Waals surface area contributed by atoms with Crippen molar-refractivity contribution in [3.8, 4) is 0 Å². The van der Waals surface area contributed by atoms with Gasteiger partial charge in [-0.15, -0.1) is 0 Å². The summed E-state index contributed by atoms with van der Waals surface area (Å²) < 4.78 is 0. The number of hydrogen-bond donors (Lipinski definition) is 0. The molecule has 0 saturated heterocycles. The Hall–Kier alpha value is -1.37. The summed E-state index contributed by atoms with van der Waals surface area (Å²) in [6.07, 6.45) is 3.52. The van der Waals surface area contributed by atoms with Crippen LogP contribution < -0.4 is 0 Å². The Bertz CT molecular complexity index is 386. The monoisotopic (exact) mass is 188 g/mol. The molecule has 0 aliphatic heterocycles. The molecular weight excluding hydrogens is 172 g/mol. The van der Waals surface area contributed by atoms with E-state index in [2.05, 4.69) is 32.9 Å². The van der Waals surface area contributed by atoms with Crippen molar-refractivity contribution in [1.82, 2.24) is 0 Å². The van der Waals surface area contributed by atoms with Crippen molar-refractivity contribution in [2.45, 2.75) is 27.7 Å². The maximum absolute atomic E-state index is 10.8. The molecule has 0 N–H and O–H groups in total. The van der Waals surface area contributed by atoms with E-state index in [1.807, 2.05) is 6.08 Å². The number of rotatable bonds is 2. The van der Waals surface area contributed by atoms with Gasteiger partial charge in [-0.05, 0) is 56.0 Å². The van der Waals surface area contributed by atoms with E-state index in [-0.39, 0.29) is 5.78 Å². The quantitative estimate of drug-likeness (QED) is 0.651. The van der Waals surface area contributed by atoms with Gasteiger partial charge in [0.05, 0.1) is 0 Å². The summed E-state index contributed by atoms with van der Waals surface area (Å²) in [6.45, 7) is 7.80. The molecular formula is C13H16O. The summed E-state index contributed by atoms with van der Waals surface area (Å²) in [5.41, 5.74) is 4.90. The molecule has 0 aliphatic carbocycles. The van der Waals surface area contributed by atoms with Crippen LogP contribution in [0, 0.1) is 20.8 Å². The minimum absolute atomic E-state index is 0.0882. The fourth-order valence-corrected chi connectivity index (χ4v) is 1.43. The molecule has 0 atom stereocenters. The summed E-state index contributed by atoms with van der Waals surface area (Å²) >= 11 is 0. The first-order valence-corrected chi connectivity index (χ1v) is 4.78. The third-order valence-corrected chi connectivity index (χ3v) is 2.49. The van der Waals surface area contributed by atoms with Gasteiger partial charge in [-0.25, -0.2) is 0 Å². The maximum Gasteiger partial charge on any atom is 0.152 e. The van der Waals surface area contributed by atoms with Crippen LogP contribution in [0.1, 0.15) is 29.2 Å². The second-order valence-corrected chi connectivity index (χ2v) is 3.68. The molecule has 0 aromatic heterocycles. The van der Waals surface area contributed by atoms with E-state index >= 15 is 0 Å². The molecule has 0 saturated carbocycles. The fourth-order valence-electron chi connectivity index (χ4n) is 1.43. The van der Waals surface area contributed by atoms with Crippen LogP contribution in [-0.2, 0) is 4.79 Å². The van der Waals surface area contributed by atoms with Crippen LogP contribution in [0.2, 0.25) is 0 Å². The van der Waals surface area contributed by atoms with E-state index in [9.17, 15) is 4.79 Å². The average Bonchev–Trinajstić information content (AvgIpc) is 2.11. The van der Waals surface area contributed by atoms with Crippen LogP contribution >= 0.6 is 0 Å². The molecule has 0 heterocycles. The van der Waals surface area contributed by atoms with Crippen molar-refractivity contribution in [1.29, 1.82) is 0 Å². The molecule has 1 aromatic rings. The minimum Gasteiger partial charge on any atom is -0.295 e. The van der Waals surface area contributed by atoms with Gasteiger partial charge >= 0.3 is 0 Å². The lowest BCUT2D eigenvalue weighted by molar-refractivity contribution is -0.112. The molecule has 1 heteroatoms. The topological polar surface area (TPSA) is 17.1 Å². The molecule has 0 fully saturated rings. The zero-order chi connectivity index (χ0) is 10.7. The van der Waals surface area contributed by atoms with Crippen LogP contribution in [0.25, 0.3) is 6.08 Å². The van der Waals surface area contributed by atoms with Gasteiger partial charge in [-0.3, -0.25) is 4.79 Å². The molecule has 74 valence electrons. The molecule has 14 heavy (non-hydrogen) atoms. The predicted octanol–water partition coefficient (Wildman–Crippen LogP) is 3.21. The van der Waals surface area contributed by atoms with E-state index in [0.29, 0.717) is 0 Å². The number of allylic oxidation sites excluding steroid dienone is 1. The van der Waals surface area contributed by atoms with Gasteiger partial charge < -0.3 is 0 Å². The van der Waals surface area contributed by atoms with E-state index in [0.717, 1.165) is 0 Å². The first kappa shape index (κ1) is 10.7. The van der Waals surface area contributed by atoms with Gasteiger partial charge in [-0.2, -0.15) is 0 Å². The van der Waals surface area contributed by atoms with Gasteiger partial charge in [0.1, 0.15) is 0 Å². The lowest BCUT2D eigenvalue weighted by atomic mass is 9.98. The number of benzene rings is 1. The van der Waals surface area contributed by atoms with Crippen molar-refractivity contribution >= 4 is 11.9 Å². The Morgan fingerprint density at radius 2 is 1.71 bits per heavy atom. The van der Waals surface area contributed by atoms with E-state index < -0.39 is 0 Å². The molecule has 1 aromatic carbocycles. The highest BCUT2D eigenvalue weighted by molar-refractivity contribution is 5.91. The normalized spacial score (nSPS) is 10.9. The Balaban J connectivity index is 3.19. The van der Waals surface area contributed by atoms with Crippen molar-refractivity contribution in [3.63, 3.8) is 0 Å². The molecule has 0 bridgehead atoms. The molecule has 0 spiro atoms. The van der Waals surface area contributed by atoms with Crippen LogP contribution in [0.4, 0.5) is 0 Å². The van der Waals surface area contributed by atoms with Crippen molar-refractivity contribution in [3.05, 3.63) is 40.5 Å². The van der Waals surface area contributed by atoms with Crippen LogP contribution in [0.3, 0.4) is 0 Å². The molecule has 1 nitrogen and oxygen atoms in total. The third-order valence-electron chi connectivity index (χ3n) is 2.49. The average molecular weight is 188 g/mol. The Morgan fingerprint density at radius 3 is 2.29 bits per heavy atom. The van der Waals surface area contributed by atoms with E-state index in [1.165, 1.54) is 22.3 Å². The van der Waals surface area contributed by atoms with Gasteiger partial charge in [0, 0.05) is 0 Å². The van der Waals surface area contributed by atoms with Gasteiger partial charge in [0.25, 0.3) is 0 Å². The number of carbonyl (C=O) groups is 1. The maximum atomic E-state index is 10.8. The molecule has 1 rings (SSSR count). The smallest absolute Gasteiger partial charge is 0.152 e. The highest BCUT2D eigenvalue weighted by Crippen LogP contribution is 2.18. The number of carbonyl (C=O) groups excluding carboxylic acids is 1. The number of aryl methyl sites for hydroxylation is 2. The van der Waals surface area contributed by atoms with Gasteiger partial charge in [0.2, 0.25) is 0 Å². The number of hydrogen-bond acceptors (Lipinski definition) is 1. The van der Waals surface area contributed by atoms with Crippen molar-refractivity contribution < 1.29 is 4.79 Å². The molecule has 0 unspecified atom stereocenters. The van der Waals surface area contributed by atoms with E-state index in [4.69, 9.17) is 0 Å². The third kappa shape index (κ3) is 2.32. The molecule has 0 radical (unpaired) electrons. The Morgan fingerprint density at radius 1 is 1.14 bits per heavy atom. The second-order valence-electron chi connectivity index (χ2n) is 3.68. The highest BCUT2D eigenvalue weighted by Gasteiger charge is 2.01. The summed E-state index contributed by atoms with van der Waals surface area (Å²) in [7, 11) is 0.